The van der Waals surface area contributed by atoms with Crippen molar-refractivity contribution in [2.24, 2.45) is 11.8 Å². The van der Waals surface area contributed by atoms with Crippen molar-refractivity contribution >= 4 is 35.2 Å². The summed E-state index contributed by atoms with van der Waals surface area (Å²) in [5.74, 6) is -1.28. The number of unbranched alkanes of at least 4 members (excludes halogenated alkanes) is 1. The maximum absolute atomic E-state index is 13.9. The Balaban J connectivity index is 1.70. The molecule has 0 aromatic heterocycles. The van der Waals surface area contributed by atoms with Gasteiger partial charge in [0.1, 0.15) is 6.04 Å². The van der Waals surface area contributed by atoms with Crippen LogP contribution in [-0.2, 0) is 14.4 Å². The molecule has 34 heavy (non-hydrogen) atoms. The third kappa shape index (κ3) is 4.02. The van der Waals surface area contributed by atoms with E-state index in [0.717, 1.165) is 36.1 Å². The zero-order chi connectivity index (χ0) is 24.7. The second-order valence-electron chi connectivity index (χ2n) is 10.3. The molecule has 0 radical (unpaired) electrons. The van der Waals surface area contributed by atoms with Gasteiger partial charge in [-0.25, -0.2) is 0 Å². The minimum atomic E-state index is -0.639. The Bertz CT molecular complexity index is 985. The van der Waals surface area contributed by atoms with Crippen LogP contribution in [0.4, 0.5) is 5.69 Å². The van der Waals surface area contributed by atoms with E-state index in [4.69, 9.17) is 0 Å². The predicted molar refractivity (Wildman–Crippen MR) is 135 cm³/mol. The molecule has 2 bridgehead atoms. The minimum Gasteiger partial charge on any atom is -0.396 e. The normalized spacial score (nSPS) is 31.6. The third-order valence-corrected chi connectivity index (χ3v) is 9.80. The number of nitrogens with zero attached hydrogens (tertiary/aromatic N) is 1. The summed E-state index contributed by atoms with van der Waals surface area (Å²) in [4.78, 5) is 42.7. The van der Waals surface area contributed by atoms with Gasteiger partial charge in [0.15, 0.2) is 0 Å². The molecule has 3 fully saturated rings. The van der Waals surface area contributed by atoms with E-state index in [1.165, 1.54) is 0 Å². The average molecular weight is 488 g/mol. The Morgan fingerprint density at radius 1 is 1.21 bits per heavy atom. The summed E-state index contributed by atoms with van der Waals surface area (Å²) in [6.45, 7) is 9.08. The minimum absolute atomic E-state index is 0.0465. The van der Waals surface area contributed by atoms with Crippen molar-refractivity contribution < 1.29 is 19.5 Å². The number of hydrogen-bond acceptors (Lipinski definition) is 5. The molecule has 5 atom stereocenters. The highest BCUT2D eigenvalue weighted by atomic mass is 32.2. The van der Waals surface area contributed by atoms with E-state index < -0.39 is 22.6 Å². The van der Waals surface area contributed by atoms with E-state index in [1.54, 1.807) is 16.7 Å². The van der Waals surface area contributed by atoms with Crippen LogP contribution in [0.2, 0.25) is 0 Å². The van der Waals surface area contributed by atoms with Gasteiger partial charge in [0, 0.05) is 30.1 Å². The van der Waals surface area contributed by atoms with Crippen LogP contribution in [0.25, 0.3) is 0 Å². The van der Waals surface area contributed by atoms with Crippen molar-refractivity contribution in [2.45, 2.75) is 75.3 Å². The molecule has 3 N–H and O–H groups in total. The van der Waals surface area contributed by atoms with Gasteiger partial charge in [-0.15, -0.1) is 11.8 Å². The Kier molecular flexibility index (Phi) is 7.02. The van der Waals surface area contributed by atoms with E-state index in [0.29, 0.717) is 25.9 Å². The summed E-state index contributed by atoms with van der Waals surface area (Å²) < 4.78 is -0.964. The molecule has 186 valence electrons. The van der Waals surface area contributed by atoms with Gasteiger partial charge in [-0.3, -0.25) is 14.4 Å². The maximum atomic E-state index is 13.9. The zero-order valence-electron chi connectivity index (χ0n) is 20.6. The molecule has 8 heteroatoms. The summed E-state index contributed by atoms with van der Waals surface area (Å²) in [7, 11) is 0. The molecule has 3 amide bonds. The zero-order valence-corrected chi connectivity index (χ0v) is 21.5. The van der Waals surface area contributed by atoms with Crippen LogP contribution >= 0.6 is 11.8 Å². The number of anilines is 1. The van der Waals surface area contributed by atoms with E-state index in [1.807, 2.05) is 39.0 Å². The first-order valence-electron chi connectivity index (χ1n) is 12.5. The number of carbonyl (C=O) groups excluding carboxylic acids is 3. The number of aliphatic hydroxyl groups is 1. The molecule has 2 unspecified atom stereocenters. The summed E-state index contributed by atoms with van der Waals surface area (Å²) >= 11 is 1.69. The van der Waals surface area contributed by atoms with Crippen molar-refractivity contribution in [1.82, 2.24) is 10.2 Å². The first-order valence-corrected chi connectivity index (χ1v) is 13.3. The van der Waals surface area contributed by atoms with Crippen LogP contribution < -0.4 is 10.6 Å². The van der Waals surface area contributed by atoms with Crippen LogP contribution in [0.5, 0.6) is 0 Å². The number of nitrogens with one attached hydrogen (secondary N) is 2. The maximum Gasteiger partial charge on any atom is 0.248 e. The molecular weight excluding hydrogens is 450 g/mol. The van der Waals surface area contributed by atoms with Gasteiger partial charge in [0.2, 0.25) is 17.7 Å². The number of thioether (sulfide) groups is 1. The molecule has 1 aromatic rings. The lowest BCUT2D eigenvalue weighted by Gasteiger charge is -2.35. The molecule has 7 nitrogen and oxygen atoms in total. The SMILES string of the molecule is CCCNC(=O)[C@H]1[C@H]2C(=O)N(CCCCO)C(C(=O)Nc3cc(C)ccc3C)C23CC[C@]1(C)S3. The summed E-state index contributed by atoms with van der Waals surface area (Å²) in [5.41, 5.74) is 2.78. The lowest BCUT2D eigenvalue weighted by atomic mass is 9.66. The highest BCUT2D eigenvalue weighted by Crippen LogP contribution is 2.71. The molecule has 3 aliphatic rings. The van der Waals surface area contributed by atoms with Crippen molar-refractivity contribution in [3.05, 3.63) is 29.3 Å². The molecule has 3 heterocycles. The Morgan fingerprint density at radius 3 is 2.68 bits per heavy atom. The van der Waals surface area contributed by atoms with Crippen LogP contribution in [-0.4, -0.2) is 63.0 Å². The van der Waals surface area contributed by atoms with E-state index in [9.17, 15) is 19.5 Å². The van der Waals surface area contributed by atoms with Crippen LogP contribution in [0.15, 0.2) is 18.2 Å². The number of likely N-dealkylation sites (tertiary alicyclic amines) is 1. The summed E-state index contributed by atoms with van der Waals surface area (Å²) in [6, 6.07) is 5.31. The van der Waals surface area contributed by atoms with Gasteiger partial charge in [0.25, 0.3) is 0 Å². The van der Waals surface area contributed by atoms with Gasteiger partial charge in [-0.05, 0) is 70.1 Å². The molecule has 1 spiro atoms. The second-order valence-corrected chi connectivity index (χ2v) is 12.2. The predicted octanol–water partition coefficient (Wildman–Crippen LogP) is 3.02. The van der Waals surface area contributed by atoms with E-state index in [2.05, 4.69) is 17.6 Å². The molecule has 0 aliphatic carbocycles. The average Bonchev–Trinajstić information content (AvgIpc) is 3.36. The van der Waals surface area contributed by atoms with Gasteiger partial charge in [-0.1, -0.05) is 19.1 Å². The second kappa shape index (κ2) is 9.53. The Hall–Kier alpha value is -2.06. The number of aliphatic hydroxyl groups excluding tert-OH is 1. The summed E-state index contributed by atoms with van der Waals surface area (Å²) in [5, 5.41) is 15.4. The van der Waals surface area contributed by atoms with Gasteiger partial charge < -0.3 is 20.6 Å². The largest absolute Gasteiger partial charge is 0.396 e. The van der Waals surface area contributed by atoms with Crippen LogP contribution in [0.1, 0.15) is 57.1 Å². The van der Waals surface area contributed by atoms with Crippen LogP contribution in [0.3, 0.4) is 0 Å². The topological polar surface area (TPSA) is 98.7 Å². The number of rotatable bonds is 9. The lowest BCUT2D eigenvalue weighted by molar-refractivity contribution is -0.140. The summed E-state index contributed by atoms with van der Waals surface area (Å²) in [6.07, 6.45) is 3.57. The van der Waals surface area contributed by atoms with Gasteiger partial charge in [-0.2, -0.15) is 0 Å². The highest BCUT2D eigenvalue weighted by Gasteiger charge is 2.76. The van der Waals surface area contributed by atoms with E-state index >= 15 is 0 Å². The fourth-order valence-electron chi connectivity index (χ4n) is 6.19. The monoisotopic (exact) mass is 487 g/mol. The Labute approximate surface area is 206 Å². The van der Waals surface area contributed by atoms with Crippen molar-refractivity contribution in [1.29, 1.82) is 0 Å². The van der Waals surface area contributed by atoms with Crippen molar-refractivity contribution in [2.75, 3.05) is 25.0 Å². The first kappa shape index (κ1) is 25.0. The lowest BCUT2D eigenvalue weighted by Crippen LogP contribution is -2.52. The van der Waals surface area contributed by atoms with Crippen molar-refractivity contribution in [3.63, 3.8) is 0 Å². The molecule has 0 saturated carbocycles. The highest BCUT2D eigenvalue weighted by molar-refractivity contribution is 8.02. The fourth-order valence-corrected chi connectivity index (χ4v) is 8.55. The third-order valence-electron chi connectivity index (χ3n) is 7.81. The standard InChI is InChI=1S/C26H37N3O4S/c1-5-12-27-22(31)19-20-24(33)29(13-6-7-14-30)21(26(20)11-10-25(19,4)34-26)23(32)28-18-15-16(2)8-9-17(18)3/h8-9,15,19-21,30H,5-7,10-14H2,1-4H3,(H,27,31)(H,28,32)/t19-,20+,21?,25+,26?/m1/s1. The number of benzene rings is 1. The number of carbonyl (C=O) groups is 3. The molecule has 3 aliphatic heterocycles. The molecule has 3 saturated heterocycles. The molecular formula is C26H37N3O4S. The van der Waals surface area contributed by atoms with Crippen molar-refractivity contribution in [3.8, 4) is 0 Å². The van der Waals surface area contributed by atoms with E-state index in [-0.39, 0.29) is 29.1 Å². The number of fused-ring (bicyclic) bond motifs is 1. The van der Waals surface area contributed by atoms with Gasteiger partial charge >= 0.3 is 0 Å². The van der Waals surface area contributed by atoms with Crippen LogP contribution in [0, 0.1) is 25.7 Å². The quantitative estimate of drug-likeness (QED) is 0.465. The number of hydrogen-bond donors (Lipinski definition) is 3. The number of aryl methyl sites for hydroxylation is 2. The fraction of sp³-hybridized carbons (Fsp3) is 0.654. The smallest absolute Gasteiger partial charge is 0.248 e. The molecule has 1 aromatic carbocycles. The molecule has 4 rings (SSSR count). The van der Waals surface area contributed by atoms with Gasteiger partial charge in [0.05, 0.1) is 16.6 Å². The first-order chi connectivity index (χ1) is 16.2. The Morgan fingerprint density at radius 2 is 1.97 bits per heavy atom. The number of amides is 3.